The van der Waals surface area contributed by atoms with Crippen LogP contribution in [-0.4, -0.2) is 49.1 Å². The third kappa shape index (κ3) is 3.57. The summed E-state index contributed by atoms with van der Waals surface area (Å²) in [7, 11) is 0. The molecule has 1 unspecified atom stereocenters. The van der Waals surface area contributed by atoms with Crippen LogP contribution in [-0.2, 0) is 9.53 Å². The minimum absolute atomic E-state index is 0.150. The number of rotatable bonds is 3. The first-order valence-corrected chi connectivity index (χ1v) is 7.45. The molecule has 21 heavy (non-hydrogen) atoms. The predicted octanol–water partition coefficient (Wildman–Crippen LogP) is 1.26. The number of morpholine rings is 1. The lowest BCUT2D eigenvalue weighted by atomic mass is 10.1. The van der Waals surface area contributed by atoms with Crippen molar-refractivity contribution in [2.24, 2.45) is 0 Å². The molecule has 1 saturated heterocycles. The molecule has 1 aliphatic rings. The van der Waals surface area contributed by atoms with Gasteiger partial charge in [0.15, 0.2) is 0 Å². The van der Waals surface area contributed by atoms with Crippen LogP contribution >= 0.6 is 12.6 Å². The van der Waals surface area contributed by atoms with E-state index in [0.29, 0.717) is 25.3 Å². The summed E-state index contributed by atoms with van der Waals surface area (Å²) in [4.78, 5) is 27.2. The van der Waals surface area contributed by atoms with Crippen molar-refractivity contribution >= 4 is 24.4 Å². The van der Waals surface area contributed by atoms with Gasteiger partial charge >= 0.3 is 0 Å². The lowest BCUT2D eigenvalue weighted by Gasteiger charge is -2.34. The summed E-state index contributed by atoms with van der Waals surface area (Å²) in [6.07, 6.45) is 0. The quantitative estimate of drug-likeness (QED) is 0.827. The van der Waals surface area contributed by atoms with Crippen molar-refractivity contribution in [2.45, 2.75) is 24.8 Å². The lowest BCUT2D eigenvalue weighted by Crippen LogP contribution is -2.56. The Morgan fingerprint density at radius 3 is 2.95 bits per heavy atom. The summed E-state index contributed by atoms with van der Waals surface area (Å²) in [5, 5.41) is 2.75. The minimum Gasteiger partial charge on any atom is -0.377 e. The third-order valence-electron chi connectivity index (χ3n) is 3.49. The Morgan fingerprint density at radius 1 is 1.48 bits per heavy atom. The van der Waals surface area contributed by atoms with Crippen molar-refractivity contribution in [1.29, 1.82) is 0 Å². The first-order chi connectivity index (χ1) is 10.0. The molecule has 1 aromatic rings. The number of carbonyl (C=O) groups excluding carboxylic acids is 2. The first kappa shape index (κ1) is 15.9. The molecule has 1 aromatic carbocycles. The standard InChI is InChI=1S/C15H20N2O3S/c1-3-16-14(18)13-9-20-7-6-17(13)15(19)12-8-11(21)5-4-10(12)2/h4-5,8,13,21H,3,6-7,9H2,1-2H3,(H,16,18). The van der Waals surface area contributed by atoms with Gasteiger partial charge in [-0.3, -0.25) is 9.59 Å². The Hall–Kier alpha value is -1.53. The van der Waals surface area contributed by atoms with E-state index >= 15 is 0 Å². The van der Waals surface area contributed by atoms with Gasteiger partial charge in [0, 0.05) is 23.5 Å². The monoisotopic (exact) mass is 308 g/mol. The van der Waals surface area contributed by atoms with Crippen molar-refractivity contribution in [3.8, 4) is 0 Å². The SMILES string of the molecule is CCNC(=O)C1COCCN1C(=O)c1cc(S)ccc1C. The summed E-state index contributed by atoms with van der Waals surface area (Å²) >= 11 is 4.28. The van der Waals surface area contributed by atoms with Crippen LogP contribution in [0.4, 0.5) is 0 Å². The van der Waals surface area contributed by atoms with Crippen LogP contribution in [0.3, 0.4) is 0 Å². The zero-order chi connectivity index (χ0) is 15.4. The number of ether oxygens (including phenoxy) is 1. The van der Waals surface area contributed by atoms with Gasteiger partial charge in [-0.15, -0.1) is 12.6 Å². The maximum Gasteiger partial charge on any atom is 0.255 e. The Morgan fingerprint density at radius 2 is 2.24 bits per heavy atom. The van der Waals surface area contributed by atoms with E-state index in [4.69, 9.17) is 4.74 Å². The minimum atomic E-state index is -0.575. The topological polar surface area (TPSA) is 58.6 Å². The second kappa shape index (κ2) is 6.95. The van der Waals surface area contributed by atoms with Gasteiger partial charge in [0.05, 0.1) is 13.2 Å². The maximum absolute atomic E-state index is 12.7. The van der Waals surface area contributed by atoms with Crippen LogP contribution < -0.4 is 5.32 Å². The zero-order valence-corrected chi connectivity index (χ0v) is 13.2. The number of nitrogens with one attached hydrogen (secondary N) is 1. The molecular weight excluding hydrogens is 288 g/mol. The molecule has 1 N–H and O–H groups in total. The fourth-order valence-electron chi connectivity index (χ4n) is 2.35. The number of hydrogen-bond acceptors (Lipinski definition) is 4. The Bertz CT molecular complexity index is 548. The number of thiol groups is 1. The molecule has 0 spiro atoms. The second-order valence-corrected chi connectivity index (χ2v) is 5.50. The van der Waals surface area contributed by atoms with Crippen molar-refractivity contribution < 1.29 is 14.3 Å². The van der Waals surface area contributed by atoms with Crippen molar-refractivity contribution in [3.05, 3.63) is 29.3 Å². The Labute approximate surface area is 130 Å². The number of amides is 2. The third-order valence-corrected chi connectivity index (χ3v) is 3.77. The van der Waals surface area contributed by atoms with Crippen molar-refractivity contribution in [1.82, 2.24) is 10.2 Å². The average molecular weight is 308 g/mol. The van der Waals surface area contributed by atoms with Crippen LogP contribution in [0, 0.1) is 6.92 Å². The van der Waals surface area contributed by atoms with E-state index in [1.807, 2.05) is 26.0 Å². The molecule has 1 atom stereocenters. The molecule has 5 nitrogen and oxygen atoms in total. The number of nitrogens with zero attached hydrogens (tertiary/aromatic N) is 1. The highest BCUT2D eigenvalue weighted by Gasteiger charge is 2.33. The van der Waals surface area contributed by atoms with E-state index in [1.54, 1.807) is 11.0 Å². The van der Waals surface area contributed by atoms with Gasteiger partial charge in [0.2, 0.25) is 5.91 Å². The van der Waals surface area contributed by atoms with Gasteiger partial charge < -0.3 is 15.0 Å². The summed E-state index contributed by atoms with van der Waals surface area (Å²) in [6, 6.07) is 4.87. The molecule has 0 bridgehead atoms. The van der Waals surface area contributed by atoms with Crippen LogP contribution in [0.25, 0.3) is 0 Å². The number of hydrogen-bond donors (Lipinski definition) is 2. The molecule has 0 aromatic heterocycles. The first-order valence-electron chi connectivity index (χ1n) is 7.00. The number of benzene rings is 1. The molecule has 1 fully saturated rings. The van der Waals surface area contributed by atoms with Crippen molar-refractivity contribution in [2.75, 3.05) is 26.3 Å². The fourth-order valence-corrected chi connectivity index (χ4v) is 2.55. The number of likely N-dealkylation sites (N-methyl/N-ethyl adjacent to an activating group) is 1. The maximum atomic E-state index is 12.7. The van der Waals surface area contributed by atoms with Gasteiger partial charge in [0.1, 0.15) is 6.04 Å². The van der Waals surface area contributed by atoms with Crippen molar-refractivity contribution in [3.63, 3.8) is 0 Å². The summed E-state index contributed by atoms with van der Waals surface area (Å²) in [5.74, 6) is -0.326. The van der Waals surface area contributed by atoms with E-state index < -0.39 is 6.04 Å². The summed E-state index contributed by atoms with van der Waals surface area (Å²) < 4.78 is 5.35. The molecule has 6 heteroatoms. The predicted molar refractivity (Wildman–Crippen MR) is 82.8 cm³/mol. The Kier molecular flexibility index (Phi) is 5.25. The van der Waals surface area contributed by atoms with Crippen LogP contribution in [0.5, 0.6) is 0 Å². The smallest absolute Gasteiger partial charge is 0.255 e. The average Bonchev–Trinajstić information content (AvgIpc) is 2.49. The van der Waals surface area contributed by atoms with Gasteiger partial charge in [-0.2, -0.15) is 0 Å². The summed E-state index contributed by atoms with van der Waals surface area (Å²) in [5.41, 5.74) is 1.46. The second-order valence-electron chi connectivity index (χ2n) is 4.98. The van der Waals surface area contributed by atoms with Crippen LogP contribution in [0.2, 0.25) is 0 Å². The fraction of sp³-hybridized carbons (Fsp3) is 0.467. The molecule has 0 radical (unpaired) electrons. The van der Waals surface area contributed by atoms with E-state index in [-0.39, 0.29) is 18.4 Å². The van der Waals surface area contributed by atoms with E-state index in [0.717, 1.165) is 10.5 Å². The molecule has 0 saturated carbocycles. The van der Waals surface area contributed by atoms with Crippen LogP contribution in [0.15, 0.2) is 23.1 Å². The van der Waals surface area contributed by atoms with E-state index in [9.17, 15) is 9.59 Å². The van der Waals surface area contributed by atoms with Gasteiger partial charge in [0.25, 0.3) is 5.91 Å². The molecule has 1 heterocycles. The molecular formula is C15H20N2O3S. The molecule has 2 rings (SSSR count). The molecule has 0 aliphatic carbocycles. The Balaban J connectivity index is 2.26. The zero-order valence-electron chi connectivity index (χ0n) is 12.3. The molecule has 1 aliphatic heterocycles. The largest absolute Gasteiger partial charge is 0.377 e. The van der Waals surface area contributed by atoms with E-state index in [2.05, 4.69) is 17.9 Å². The van der Waals surface area contributed by atoms with Gasteiger partial charge in [-0.1, -0.05) is 6.07 Å². The highest BCUT2D eigenvalue weighted by molar-refractivity contribution is 7.80. The highest BCUT2D eigenvalue weighted by atomic mass is 32.1. The number of aryl methyl sites for hydroxylation is 1. The van der Waals surface area contributed by atoms with Crippen LogP contribution in [0.1, 0.15) is 22.8 Å². The molecule has 114 valence electrons. The normalized spacial score (nSPS) is 18.4. The summed E-state index contributed by atoms with van der Waals surface area (Å²) in [6.45, 7) is 5.35. The lowest BCUT2D eigenvalue weighted by molar-refractivity contribution is -0.130. The molecule has 2 amide bonds. The van der Waals surface area contributed by atoms with E-state index in [1.165, 1.54) is 0 Å². The number of carbonyl (C=O) groups is 2. The highest BCUT2D eigenvalue weighted by Crippen LogP contribution is 2.19. The van der Waals surface area contributed by atoms with Gasteiger partial charge in [-0.05, 0) is 31.5 Å². The van der Waals surface area contributed by atoms with Gasteiger partial charge in [-0.25, -0.2) is 0 Å².